The molecule has 60 valence electrons. The predicted octanol–water partition coefficient (Wildman–Crippen LogP) is -0.0816. The van der Waals surface area contributed by atoms with Gasteiger partial charge < -0.3 is 14.8 Å². The Labute approximate surface area is 63.7 Å². The van der Waals surface area contributed by atoms with Crippen LogP contribution >= 0.6 is 0 Å². The first-order valence-corrected chi connectivity index (χ1v) is 3.06. The number of nitrogens with one attached hydrogen (secondary N) is 1. The molecule has 0 aromatic heterocycles. The van der Waals surface area contributed by atoms with E-state index in [1.807, 2.05) is 0 Å². The molecule has 0 aliphatic carbocycles. The highest BCUT2D eigenvalue weighted by atomic mass is 19.1. The van der Waals surface area contributed by atoms with Crippen molar-refractivity contribution >= 4 is 0 Å². The van der Waals surface area contributed by atoms with Gasteiger partial charge in [0.05, 0.1) is 19.8 Å². The summed E-state index contributed by atoms with van der Waals surface area (Å²) in [6, 6.07) is 0. The molecular formula is C6H12FNO2. The zero-order valence-electron chi connectivity index (χ0n) is 8.52. The monoisotopic (exact) mass is 152 g/mol. The summed E-state index contributed by atoms with van der Waals surface area (Å²) in [5, 5.41) is 2.17. The number of hydrogen-bond donors (Lipinski definition) is 1. The molecule has 0 aromatic carbocycles. The maximum atomic E-state index is 12.5. The van der Waals surface area contributed by atoms with Crippen molar-refractivity contribution in [2.45, 2.75) is 5.79 Å². The molecule has 1 saturated heterocycles. The van der Waals surface area contributed by atoms with Crippen LogP contribution in [0.15, 0.2) is 0 Å². The second kappa shape index (κ2) is 3.27. The van der Waals surface area contributed by atoms with Gasteiger partial charge in [-0.15, -0.1) is 0 Å². The second-order valence-electron chi connectivity index (χ2n) is 2.09. The van der Waals surface area contributed by atoms with Gasteiger partial charge in [0.15, 0.2) is 0 Å². The van der Waals surface area contributed by atoms with Gasteiger partial charge in [-0.05, 0) is 6.98 Å². The molecule has 0 radical (unpaired) electrons. The smallest absolute Gasteiger partial charge is 0.210 e. The van der Waals surface area contributed by atoms with Crippen molar-refractivity contribution in [2.75, 3.05) is 33.4 Å². The second-order valence-corrected chi connectivity index (χ2v) is 2.09. The van der Waals surface area contributed by atoms with Crippen molar-refractivity contribution in [3.8, 4) is 0 Å². The number of ether oxygens (including phenoxy) is 2. The van der Waals surface area contributed by atoms with E-state index in [4.69, 9.17) is 13.6 Å². The minimum atomic E-state index is -2.29. The normalized spacial score (nSPS) is 29.1. The van der Waals surface area contributed by atoms with Crippen LogP contribution in [0.3, 0.4) is 0 Å². The van der Waals surface area contributed by atoms with Crippen molar-refractivity contribution in [3.05, 3.63) is 0 Å². The molecule has 0 unspecified atom stereocenters. The predicted molar refractivity (Wildman–Crippen MR) is 34.5 cm³/mol. The summed E-state index contributed by atoms with van der Waals surface area (Å²) in [5.74, 6) is -1.39. The highest BCUT2D eigenvalue weighted by molar-refractivity contribution is 4.74. The summed E-state index contributed by atoms with van der Waals surface area (Å²) in [5.41, 5.74) is 0. The molecule has 3 nitrogen and oxygen atoms in total. The van der Waals surface area contributed by atoms with E-state index in [-0.39, 0.29) is 6.54 Å². The summed E-state index contributed by atoms with van der Waals surface area (Å²) in [6.45, 7) is -2.72. The van der Waals surface area contributed by atoms with E-state index in [1.54, 1.807) is 0 Å². The van der Waals surface area contributed by atoms with Crippen molar-refractivity contribution in [1.82, 2.24) is 5.32 Å². The van der Waals surface area contributed by atoms with Gasteiger partial charge in [-0.3, -0.25) is 0 Å². The molecule has 0 aromatic rings. The lowest BCUT2D eigenvalue weighted by Gasteiger charge is -2.22. The van der Waals surface area contributed by atoms with Crippen LogP contribution in [-0.4, -0.2) is 39.2 Å². The Bertz CT molecular complexity index is 170. The van der Waals surface area contributed by atoms with Gasteiger partial charge in [0, 0.05) is 4.11 Å². The largest absolute Gasteiger partial charge is 0.344 e. The fraction of sp³-hybridized carbons (Fsp3) is 1.00. The third-order valence-corrected chi connectivity index (χ3v) is 1.37. The third-order valence-electron chi connectivity index (χ3n) is 1.37. The van der Waals surface area contributed by atoms with Crippen LogP contribution in [-0.2, 0) is 9.47 Å². The van der Waals surface area contributed by atoms with Crippen LogP contribution in [0.4, 0.5) is 4.39 Å². The maximum absolute atomic E-state index is 12.5. The summed E-state index contributed by atoms with van der Waals surface area (Å²) >= 11 is 0. The molecule has 0 amide bonds. The molecule has 1 N–H and O–H groups in total. The average molecular weight is 152 g/mol. The molecule has 0 atom stereocenters. The molecule has 0 bridgehead atoms. The summed E-state index contributed by atoms with van der Waals surface area (Å²) < 4.78 is 42.9. The molecule has 1 aliphatic heterocycles. The van der Waals surface area contributed by atoms with Crippen LogP contribution in [0.5, 0.6) is 0 Å². The molecule has 0 spiro atoms. The minimum Gasteiger partial charge on any atom is -0.344 e. The average Bonchev–Trinajstić information content (AvgIpc) is 2.49. The molecule has 4 heteroatoms. The molecule has 10 heavy (non-hydrogen) atoms. The topological polar surface area (TPSA) is 30.5 Å². The standard InChI is InChI=1S/C6H12FNO2/c1-8-5-6(4-7)9-2-3-10-6/h8H,2-5H2,1H3/i1D3. The van der Waals surface area contributed by atoms with Crippen LogP contribution in [0.2, 0.25) is 0 Å². The lowest BCUT2D eigenvalue weighted by molar-refractivity contribution is -0.163. The summed E-state index contributed by atoms with van der Waals surface area (Å²) in [7, 11) is 0. The quantitative estimate of drug-likeness (QED) is 0.613. The van der Waals surface area contributed by atoms with Crippen molar-refractivity contribution in [2.24, 2.45) is 0 Å². The number of hydrogen-bond acceptors (Lipinski definition) is 3. The molecule has 1 rings (SSSR count). The Morgan fingerprint density at radius 2 is 2.40 bits per heavy atom. The third kappa shape index (κ3) is 1.45. The van der Waals surface area contributed by atoms with Crippen LogP contribution in [0.1, 0.15) is 4.11 Å². The molecular weight excluding hydrogens is 137 g/mol. The van der Waals surface area contributed by atoms with Gasteiger partial charge in [0.1, 0.15) is 6.67 Å². The first kappa shape index (κ1) is 4.64. The molecule has 1 fully saturated rings. The van der Waals surface area contributed by atoms with Crippen LogP contribution < -0.4 is 5.32 Å². The Morgan fingerprint density at radius 1 is 1.70 bits per heavy atom. The first-order valence-electron chi connectivity index (χ1n) is 4.56. The molecule has 0 saturated carbocycles. The van der Waals surface area contributed by atoms with Gasteiger partial charge in [-0.25, -0.2) is 4.39 Å². The lowest BCUT2D eigenvalue weighted by atomic mass is 10.3. The lowest BCUT2D eigenvalue weighted by Crippen LogP contribution is -2.42. The Balaban J connectivity index is 2.40. The Morgan fingerprint density at radius 3 is 2.90 bits per heavy atom. The number of rotatable bonds is 3. The molecule has 1 aliphatic rings. The highest BCUT2D eigenvalue weighted by Crippen LogP contribution is 2.18. The Kier molecular flexibility index (Phi) is 1.52. The van der Waals surface area contributed by atoms with E-state index in [2.05, 4.69) is 5.32 Å². The van der Waals surface area contributed by atoms with Gasteiger partial charge in [-0.1, -0.05) is 0 Å². The highest BCUT2D eigenvalue weighted by Gasteiger charge is 2.35. The Hall–Kier alpha value is -0.190. The minimum absolute atomic E-state index is 0.167. The van der Waals surface area contributed by atoms with Gasteiger partial charge in [-0.2, -0.15) is 0 Å². The summed E-state index contributed by atoms with van der Waals surface area (Å²) in [4.78, 5) is 0. The van der Waals surface area contributed by atoms with Crippen LogP contribution in [0, 0.1) is 0 Å². The van der Waals surface area contributed by atoms with E-state index < -0.39 is 19.4 Å². The van der Waals surface area contributed by atoms with E-state index in [9.17, 15) is 4.39 Å². The fourth-order valence-corrected chi connectivity index (χ4v) is 0.858. The number of likely N-dealkylation sites (N-methyl/N-ethyl adjacent to an activating group) is 1. The van der Waals surface area contributed by atoms with E-state index in [1.165, 1.54) is 0 Å². The van der Waals surface area contributed by atoms with E-state index in [0.29, 0.717) is 13.2 Å². The van der Waals surface area contributed by atoms with Crippen molar-refractivity contribution in [3.63, 3.8) is 0 Å². The first-order chi connectivity index (χ1) is 5.97. The van der Waals surface area contributed by atoms with Gasteiger partial charge >= 0.3 is 0 Å². The van der Waals surface area contributed by atoms with Crippen molar-refractivity contribution < 1.29 is 18.0 Å². The van der Waals surface area contributed by atoms with E-state index in [0.717, 1.165) is 0 Å². The van der Waals surface area contributed by atoms with Crippen molar-refractivity contribution in [1.29, 1.82) is 0 Å². The number of halogens is 1. The van der Waals surface area contributed by atoms with Gasteiger partial charge in [0.25, 0.3) is 0 Å². The SMILES string of the molecule is [2H]C([2H])([2H])NCC1(CF)OCCO1. The van der Waals surface area contributed by atoms with E-state index >= 15 is 0 Å². The molecule has 1 heterocycles. The maximum Gasteiger partial charge on any atom is 0.210 e. The zero-order chi connectivity index (χ0) is 9.95. The van der Waals surface area contributed by atoms with Crippen LogP contribution in [0.25, 0.3) is 0 Å². The fourth-order valence-electron chi connectivity index (χ4n) is 0.858. The van der Waals surface area contributed by atoms with Gasteiger partial charge in [0.2, 0.25) is 5.79 Å². The summed E-state index contributed by atoms with van der Waals surface area (Å²) in [6.07, 6.45) is 0. The zero-order valence-corrected chi connectivity index (χ0v) is 5.52. The number of alkyl halides is 1.